The number of hydrogen-bond acceptors (Lipinski definition) is 6. The largest absolute Gasteiger partial charge is 0.392 e. The van der Waals surface area contributed by atoms with Crippen LogP contribution in [0.2, 0.25) is 0 Å². The third-order valence-electron chi connectivity index (χ3n) is 8.65. The number of benzene rings is 4. The summed E-state index contributed by atoms with van der Waals surface area (Å²) >= 11 is 0. The lowest BCUT2D eigenvalue weighted by Gasteiger charge is -2.39. The first kappa shape index (κ1) is 30.6. The van der Waals surface area contributed by atoms with E-state index >= 15 is 0 Å². The molecule has 1 amide bonds. The minimum atomic E-state index is -0.547. The van der Waals surface area contributed by atoms with Crippen LogP contribution in [0, 0.1) is 0 Å². The van der Waals surface area contributed by atoms with Gasteiger partial charge in [-0.05, 0) is 65.2 Å². The number of rotatable bonds is 10. The Morgan fingerprint density at radius 1 is 0.911 bits per heavy atom. The number of ether oxygens (including phenoxy) is 2. The van der Waals surface area contributed by atoms with Crippen molar-refractivity contribution >= 4 is 16.7 Å². The number of amides is 1. The van der Waals surface area contributed by atoms with Crippen molar-refractivity contribution < 1.29 is 19.4 Å². The van der Waals surface area contributed by atoms with Crippen LogP contribution in [0.15, 0.2) is 116 Å². The van der Waals surface area contributed by atoms with Gasteiger partial charge < -0.3 is 19.9 Å². The van der Waals surface area contributed by atoms with Crippen molar-refractivity contribution in [2.24, 2.45) is 0 Å². The van der Waals surface area contributed by atoms with Gasteiger partial charge >= 0.3 is 0 Å². The van der Waals surface area contributed by atoms with Crippen molar-refractivity contribution in [3.63, 3.8) is 0 Å². The molecule has 1 aliphatic heterocycles. The molecule has 230 valence electrons. The average molecular weight is 602 g/mol. The molecule has 0 bridgehead atoms. The zero-order valence-electron chi connectivity index (χ0n) is 25.7. The number of aromatic nitrogens is 1. The summed E-state index contributed by atoms with van der Waals surface area (Å²) in [5, 5.41) is 15.0. The number of hydrogen-bond donors (Lipinski definition) is 2. The number of pyridine rings is 1. The summed E-state index contributed by atoms with van der Waals surface area (Å²) in [6.07, 6.45) is 3.13. The van der Waals surface area contributed by atoms with Crippen LogP contribution in [-0.4, -0.2) is 40.6 Å². The highest BCUT2D eigenvalue weighted by molar-refractivity contribution is 5.93. The lowest BCUT2D eigenvalue weighted by molar-refractivity contribution is -0.253. The molecule has 2 N–H and O–H groups in total. The van der Waals surface area contributed by atoms with E-state index in [0.717, 1.165) is 28.8 Å². The second-order valence-electron chi connectivity index (χ2n) is 11.7. The quantitative estimate of drug-likeness (QED) is 0.181. The minimum absolute atomic E-state index is 0.00661. The van der Waals surface area contributed by atoms with Gasteiger partial charge in [0.05, 0.1) is 24.4 Å². The van der Waals surface area contributed by atoms with Crippen LogP contribution in [0.4, 0.5) is 0 Å². The first-order chi connectivity index (χ1) is 22.0. The van der Waals surface area contributed by atoms with Crippen LogP contribution in [-0.2, 0) is 22.6 Å². The van der Waals surface area contributed by atoms with Crippen LogP contribution < -0.4 is 5.32 Å². The molecular weight excluding hydrogens is 562 g/mol. The number of nitrogens with zero attached hydrogens (tertiary/aromatic N) is 2. The highest BCUT2D eigenvalue weighted by atomic mass is 16.7. The van der Waals surface area contributed by atoms with Gasteiger partial charge in [0.25, 0.3) is 5.91 Å². The molecule has 0 unspecified atom stereocenters. The van der Waals surface area contributed by atoms with Crippen LogP contribution in [0.3, 0.4) is 0 Å². The van der Waals surface area contributed by atoms with Gasteiger partial charge in [-0.2, -0.15) is 0 Å². The molecule has 0 saturated carbocycles. The highest BCUT2D eigenvalue weighted by Crippen LogP contribution is 2.38. The van der Waals surface area contributed by atoms with Crippen molar-refractivity contribution in [1.29, 1.82) is 0 Å². The lowest BCUT2D eigenvalue weighted by atomic mass is 9.98. The average Bonchev–Trinajstić information content (AvgIpc) is 3.10. The maximum absolute atomic E-state index is 12.5. The Morgan fingerprint density at radius 2 is 1.64 bits per heavy atom. The molecule has 45 heavy (non-hydrogen) atoms. The Balaban J connectivity index is 1.16. The topological polar surface area (TPSA) is 83.9 Å². The Kier molecular flexibility index (Phi) is 9.62. The van der Waals surface area contributed by atoms with E-state index in [2.05, 4.69) is 71.6 Å². The molecule has 0 aliphatic carbocycles. The SMILES string of the molecule is C[C@H](c1ccc2ccccc2c1)N(C)C[C@@H]1C[C@H](c2ccc(CO)cc2)O[C@H](c2ccc(CNC(=O)c3cccnc3)cc2)O1. The van der Waals surface area contributed by atoms with Gasteiger partial charge in [0.15, 0.2) is 6.29 Å². The van der Waals surface area contributed by atoms with Gasteiger partial charge in [-0.25, -0.2) is 0 Å². The van der Waals surface area contributed by atoms with Crippen LogP contribution >= 0.6 is 0 Å². The van der Waals surface area contributed by atoms with Crippen molar-refractivity contribution in [3.05, 3.63) is 149 Å². The van der Waals surface area contributed by atoms with E-state index in [1.807, 2.05) is 48.5 Å². The molecule has 0 spiro atoms. The van der Waals surface area contributed by atoms with E-state index in [-0.39, 0.29) is 30.8 Å². The first-order valence-corrected chi connectivity index (χ1v) is 15.4. The molecule has 7 nitrogen and oxygen atoms in total. The zero-order valence-corrected chi connectivity index (χ0v) is 25.7. The summed E-state index contributed by atoms with van der Waals surface area (Å²) in [6, 6.07) is 34.8. The Hall–Kier alpha value is -4.40. The fraction of sp³-hybridized carbons (Fsp3) is 0.263. The summed E-state index contributed by atoms with van der Waals surface area (Å²) in [5.41, 5.74) is 5.62. The number of likely N-dealkylation sites (N-methyl/N-ethyl adjacent to an activating group) is 1. The van der Waals surface area contributed by atoms with Gasteiger partial charge in [-0.1, -0.05) is 84.9 Å². The second kappa shape index (κ2) is 14.1. The number of fused-ring (bicyclic) bond motifs is 1. The number of aliphatic hydroxyl groups excluding tert-OH is 1. The van der Waals surface area contributed by atoms with Crippen LogP contribution in [0.1, 0.15) is 70.0 Å². The molecule has 0 radical (unpaired) electrons. The summed E-state index contributed by atoms with van der Waals surface area (Å²) in [5.74, 6) is -0.161. The predicted octanol–water partition coefficient (Wildman–Crippen LogP) is 6.90. The van der Waals surface area contributed by atoms with E-state index in [9.17, 15) is 9.90 Å². The molecule has 1 saturated heterocycles. The van der Waals surface area contributed by atoms with Crippen molar-refractivity contribution in [2.45, 2.75) is 51.0 Å². The fourth-order valence-corrected chi connectivity index (χ4v) is 5.81. The standard InChI is InChI=1S/C38H39N3O4/c1-26(32-18-17-29-6-3-4-7-33(29)20-32)41(2)24-35-21-36(30-13-11-28(25-42)12-14-30)45-38(44-35)31-15-9-27(10-16-31)22-40-37(43)34-8-5-19-39-23-34/h3-20,23,26,35-36,38,42H,21-22,24-25H2,1-2H3,(H,40,43)/t26-,35+,36-,38-/m1/s1. The van der Waals surface area contributed by atoms with E-state index in [4.69, 9.17) is 9.47 Å². The molecule has 7 heteroatoms. The summed E-state index contributed by atoms with van der Waals surface area (Å²) in [6.45, 7) is 3.38. The normalized spacial score (nSPS) is 19.0. The molecule has 2 heterocycles. The summed E-state index contributed by atoms with van der Waals surface area (Å²) in [4.78, 5) is 18.8. The smallest absolute Gasteiger partial charge is 0.253 e. The molecule has 4 atom stereocenters. The number of nitrogens with one attached hydrogen (secondary N) is 1. The van der Waals surface area contributed by atoms with E-state index in [0.29, 0.717) is 18.5 Å². The molecule has 1 aromatic heterocycles. The summed E-state index contributed by atoms with van der Waals surface area (Å²) in [7, 11) is 2.15. The van der Waals surface area contributed by atoms with E-state index in [1.54, 1.807) is 24.5 Å². The molecule has 6 rings (SSSR count). The van der Waals surface area contributed by atoms with Crippen molar-refractivity contribution in [3.8, 4) is 0 Å². The maximum Gasteiger partial charge on any atom is 0.253 e. The summed E-state index contributed by atoms with van der Waals surface area (Å²) < 4.78 is 13.2. The molecular formula is C38H39N3O4. The van der Waals surface area contributed by atoms with Gasteiger partial charge in [-0.15, -0.1) is 0 Å². The number of carbonyl (C=O) groups excluding carboxylic acids is 1. The molecule has 1 aliphatic rings. The number of carbonyl (C=O) groups is 1. The van der Waals surface area contributed by atoms with Gasteiger partial charge in [-0.3, -0.25) is 14.7 Å². The Bertz CT molecular complexity index is 1710. The molecule has 4 aromatic carbocycles. The minimum Gasteiger partial charge on any atom is -0.392 e. The molecule has 1 fully saturated rings. The zero-order chi connectivity index (χ0) is 31.2. The predicted molar refractivity (Wildman–Crippen MR) is 175 cm³/mol. The molecule has 5 aromatic rings. The Labute approximate surface area is 264 Å². The van der Waals surface area contributed by atoms with Crippen LogP contribution in [0.25, 0.3) is 10.8 Å². The monoisotopic (exact) mass is 601 g/mol. The van der Waals surface area contributed by atoms with Gasteiger partial charge in [0, 0.05) is 43.5 Å². The van der Waals surface area contributed by atoms with Gasteiger partial charge in [0.1, 0.15) is 0 Å². The fourth-order valence-electron chi connectivity index (χ4n) is 5.81. The second-order valence-corrected chi connectivity index (χ2v) is 11.7. The third-order valence-corrected chi connectivity index (χ3v) is 8.65. The highest BCUT2D eigenvalue weighted by Gasteiger charge is 2.33. The first-order valence-electron chi connectivity index (χ1n) is 15.4. The van der Waals surface area contributed by atoms with Crippen molar-refractivity contribution in [1.82, 2.24) is 15.2 Å². The maximum atomic E-state index is 12.5. The van der Waals surface area contributed by atoms with Gasteiger partial charge in [0.2, 0.25) is 0 Å². The van der Waals surface area contributed by atoms with Crippen molar-refractivity contribution in [2.75, 3.05) is 13.6 Å². The third kappa shape index (κ3) is 7.47. The Morgan fingerprint density at radius 3 is 2.38 bits per heavy atom. The van der Waals surface area contributed by atoms with Crippen LogP contribution in [0.5, 0.6) is 0 Å². The van der Waals surface area contributed by atoms with E-state index in [1.165, 1.54) is 16.3 Å². The lowest BCUT2D eigenvalue weighted by Crippen LogP contribution is -2.38. The van der Waals surface area contributed by atoms with E-state index < -0.39 is 6.29 Å². The number of aliphatic hydroxyl groups is 1.